The molecular formula is C28H30N6O2S. The molecule has 4 aromatic rings. The van der Waals surface area contributed by atoms with E-state index in [9.17, 15) is 4.79 Å². The standard InChI is InChI=1S/C28H30N6O2S/c1-34(2)25-21-5-3-4-6-22(21)32-28(33-25)31-20-10-8-19(9-11-20)30-26(35)24-16-29-27(37-24)18-7-12-23-17(15-18)13-14-36-23/h3-7,12,15-16,19-20H,8-11,13-14H2,1-2H3,(H,30,35)(H,31,32,33). The molecule has 1 aliphatic carbocycles. The van der Waals surface area contributed by atoms with Crippen molar-refractivity contribution in [3.63, 3.8) is 0 Å². The first kappa shape index (κ1) is 23.7. The quantitative estimate of drug-likeness (QED) is 0.378. The Balaban J connectivity index is 1.05. The Hall–Kier alpha value is -3.72. The van der Waals surface area contributed by atoms with Crippen LogP contribution in [0.4, 0.5) is 11.8 Å². The van der Waals surface area contributed by atoms with Crippen molar-refractivity contribution in [2.75, 3.05) is 30.9 Å². The molecule has 8 nitrogen and oxygen atoms in total. The van der Waals surface area contributed by atoms with Gasteiger partial charge in [-0.05, 0) is 61.6 Å². The summed E-state index contributed by atoms with van der Waals surface area (Å²) in [4.78, 5) is 29.6. The van der Waals surface area contributed by atoms with Crippen LogP contribution >= 0.6 is 11.3 Å². The van der Waals surface area contributed by atoms with Gasteiger partial charge >= 0.3 is 0 Å². The van der Waals surface area contributed by atoms with Gasteiger partial charge in [-0.3, -0.25) is 4.79 Å². The summed E-state index contributed by atoms with van der Waals surface area (Å²) < 4.78 is 5.60. The third kappa shape index (κ3) is 4.96. The van der Waals surface area contributed by atoms with E-state index in [2.05, 4.69) is 27.8 Å². The van der Waals surface area contributed by atoms with Gasteiger partial charge in [0.05, 0.1) is 18.3 Å². The van der Waals surface area contributed by atoms with Crippen LogP contribution in [0.5, 0.6) is 5.75 Å². The number of nitrogens with one attached hydrogen (secondary N) is 2. The molecule has 0 atom stereocenters. The van der Waals surface area contributed by atoms with Gasteiger partial charge in [-0.15, -0.1) is 11.3 Å². The lowest BCUT2D eigenvalue weighted by molar-refractivity contribution is 0.0930. The molecule has 1 saturated carbocycles. The first-order valence-corrected chi connectivity index (χ1v) is 13.6. The Labute approximate surface area is 220 Å². The van der Waals surface area contributed by atoms with Crippen LogP contribution in [0.2, 0.25) is 0 Å². The molecule has 6 rings (SSSR count). The van der Waals surface area contributed by atoms with E-state index < -0.39 is 0 Å². The van der Waals surface area contributed by atoms with Gasteiger partial charge < -0.3 is 20.3 Å². The SMILES string of the molecule is CN(C)c1nc(NC2CCC(NC(=O)c3cnc(-c4ccc5c(c4)CCO5)s3)CC2)nc2ccccc12. The van der Waals surface area contributed by atoms with Crippen LogP contribution in [-0.4, -0.2) is 53.6 Å². The average Bonchev–Trinajstić information content (AvgIpc) is 3.59. The summed E-state index contributed by atoms with van der Waals surface area (Å²) in [5.74, 6) is 2.48. The van der Waals surface area contributed by atoms with Crippen molar-refractivity contribution in [3.05, 3.63) is 59.1 Å². The number of ether oxygens (including phenoxy) is 1. The number of para-hydroxylation sites is 1. The van der Waals surface area contributed by atoms with Crippen LogP contribution in [0.25, 0.3) is 21.5 Å². The number of fused-ring (bicyclic) bond motifs is 2. The molecule has 2 aromatic carbocycles. The number of thiazole rings is 1. The summed E-state index contributed by atoms with van der Waals surface area (Å²) in [6, 6.07) is 14.6. The van der Waals surface area contributed by atoms with E-state index in [4.69, 9.17) is 14.7 Å². The summed E-state index contributed by atoms with van der Waals surface area (Å²) in [5, 5.41) is 8.66. The van der Waals surface area contributed by atoms with Crippen molar-refractivity contribution in [1.29, 1.82) is 0 Å². The first-order valence-electron chi connectivity index (χ1n) is 12.8. The molecule has 37 heavy (non-hydrogen) atoms. The van der Waals surface area contributed by atoms with Gasteiger partial charge in [0.2, 0.25) is 5.95 Å². The number of aromatic nitrogens is 3. The number of carbonyl (C=O) groups excluding carboxylic acids is 1. The van der Waals surface area contributed by atoms with Crippen LogP contribution in [-0.2, 0) is 6.42 Å². The fourth-order valence-corrected chi connectivity index (χ4v) is 5.93. The molecule has 2 aromatic heterocycles. The molecule has 190 valence electrons. The van der Waals surface area contributed by atoms with Crippen LogP contribution in [0, 0.1) is 0 Å². The van der Waals surface area contributed by atoms with E-state index in [0.29, 0.717) is 10.8 Å². The highest BCUT2D eigenvalue weighted by atomic mass is 32.1. The Morgan fingerprint density at radius 2 is 1.86 bits per heavy atom. The van der Waals surface area contributed by atoms with Crippen LogP contribution in [0.1, 0.15) is 40.9 Å². The molecule has 1 aliphatic heterocycles. The second-order valence-corrected chi connectivity index (χ2v) is 10.9. The van der Waals surface area contributed by atoms with Gasteiger partial charge in [0.25, 0.3) is 5.91 Å². The second-order valence-electron chi connectivity index (χ2n) is 9.90. The number of hydrogen-bond donors (Lipinski definition) is 2. The zero-order valence-corrected chi connectivity index (χ0v) is 21.8. The predicted octanol–water partition coefficient (Wildman–Crippen LogP) is 4.91. The van der Waals surface area contributed by atoms with Crippen LogP contribution in [0.3, 0.4) is 0 Å². The maximum absolute atomic E-state index is 12.9. The third-order valence-electron chi connectivity index (χ3n) is 7.07. The van der Waals surface area contributed by atoms with Gasteiger partial charge in [-0.25, -0.2) is 9.97 Å². The van der Waals surface area contributed by atoms with Gasteiger partial charge in [0.15, 0.2) is 0 Å². The van der Waals surface area contributed by atoms with E-state index in [1.807, 2.05) is 49.3 Å². The van der Waals surface area contributed by atoms with Crippen molar-refractivity contribution in [2.24, 2.45) is 0 Å². The number of hydrogen-bond acceptors (Lipinski definition) is 8. The van der Waals surface area contributed by atoms with Crippen molar-refractivity contribution in [1.82, 2.24) is 20.3 Å². The maximum Gasteiger partial charge on any atom is 0.263 e. The topological polar surface area (TPSA) is 92.3 Å². The van der Waals surface area contributed by atoms with E-state index >= 15 is 0 Å². The molecule has 0 spiro atoms. The Morgan fingerprint density at radius 3 is 2.70 bits per heavy atom. The maximum atomic E-state index is 12.9. The Bertz CT molecular complexity index is 1440. The molecule has 0 unspecified atom stereocenters. The molecule has 1 amide bonds. The monoisotopic (exact) mass is 514 g/mol. The highest BCUT2D eigenvalue weighted by Gasteiger charge is 2.25. The number of benzene rings is 2. The minimum atomic E-state index is -0.0434. The Morgan fingerprint density at radius 1 is 1.05 bits per heavy atom. The number of nitrogens with zero attached hydrogens (tertiary/aromatic N) is 4. The number of rotatable bonds is 6. The van der Waals surface area contributed by atoms with E-state index in [-0.39, 0.29) is 18.0 Å². The molecule has 2 N–H and O–H groups in total. The lowest BCUT2D eigenvalue weighted by Gasteiger charge is -2.29. The van der Waals surface area contributed by atoms with Gasteiger partial charge in [0, 0.05) is 43.5 Å². The Kier molecular flexibility index (Phi) is 6.38. The summed E-state index contributed by atoms with van der Waals surface area (Å²) >= 11 is 1.44. The average molecular weight is 515 g/mol. The van der Waals surface area contributed by atoms with Crippen LogP contribution in [0.15, 0.2) is 48.7 Å². The first-order chi connectivity index (χ1) is 18.0. The molecule has 3 heterocycles. The molecule has 1 fully saturated rings. The van der Waals surface area contributed by atoms with Crippen molar-refractivity contribution >= 4 is 39.9 Å². The summed E-state index contributed by atoms with van der Waals surface area (Å²) in [7, 11) is 4.00. The lowest BCUT2D eigenvalue weighted by Crippen LogP contribution is -2.40. The number of anilines is 2. The smallest absolute Gasteiger partial charge is 0.263 e. The van der Waals surface area contributed by atoms with Gasteiger partial charge in [-0.1, -0.05) is 12.1 Å². The zero-order valence-electron chi connectivity index (χ0n) is 21.0. The summed E-state index contributed by atoms with van der Waals surface area (Å²) in [6.45, 7) is 0.731. The van der Waals surface area contributed by atoms with Crippen molar-refractivity contribution < 1.29 is 9.53 Å². The molecule has 0 bridgehead atoms. The highest BCUT2D eigenvalue weighted by Crippen LogP contribution is 2.33. The fourth-order valence-electron chi connectivity index (χ4n) is 5.12. The van der Waals surface area contributed by atoms with E-state index in [1.165, 1.54) is 16.9 Å². The minimum Gasteiger partial charge on any atom is -0.493 e. The summed E-state index contributed by atoms with van der Waals surface area (Å²) in [5.41, 5.74) is 3.17. The van der Waals surface area contributed by atoms with E-state index in [0.717, 1.165) is 71.8 Å². The highest BCUT2D eigenvalue weighted by molar-refractivity contribution is 7.16. The largest absolute Gasteiger partial charge is 0.493 e. The fraction of sp³-hybridized carbons (Fsp3) is 0.357. The van der Waals surface area contributed by atoms with E-state index in [1.54, 1.807) is 6.20 Å². The molecule has 9 heteroatoms. The normalized spacial score (nSPS) is 18.8. The summed E-state index contributed by atoms with van der Waals surface area (Å²) in [6.07, 6.45) is 6.32. The predicted molar refractivity (Wildman–Crippen MR) is 148 cm³/mol. The number of carbonyl (C=O) groups is 1. The lowest BCUT2D eigenvalue weighted by atomic mass is 9.91. The second kappa shape index (κ2) is 9.97. The van der Waals surface area contributed by atoms with Gasteiger partial charge in [-0.2, -0.15) is 4.98 Å². The molecule has 0 radical (unpaired) electrons. The molecule has 0 saturated heterocycles. The van der Waals surface area contributed by atoms with Crippen molar-refractivity contribution in [2.45, 2.75) is 44.2 Å². The molecule has 2 aliphatic rings. The van der Waals surface area contributed by atoms with Crippen LogP contribution < -0.4 is 20.3 Å². The zero-order chi connectivity index (χ0) is 25.4. The molecular weight excluding hydrogens is 484 g/mol. The third-order valence-corrected chi connectivity index (χ3v) is 8.11. The van der Waals surface area contributed by atoms with Gasteiger partial charge in [0.1, 0.15) is 21.5 Å². The minimum absolute atomic E-state index is 0.0434. The number of amides is 1. The van der Waals surface area contributed by atoms with Crippen molar-refractivity contribution in [3.8, 4) is 16.3 Å².